The SMILES string of the molecule is CN1CCN=C1c1ccc(NC(=O)C(NC(=S)Nc2ccc(Br)cc2)c2ccccc2)cc1. The fourth-order valence-corrected chi connectivity index (χ4v) is 4.04. The Bertz CT molecular complexity index is 1150. The van der Waals surface area contributed by atoms with Crippen LogP contribution in [0.1, 0.15) is 17.2 Å². The van der Waals surface area contributed by atoms with Gasteiger partial charge in [0.1, 0.15) is 11.9 Å². The molecule has 1 aliphatic rings. The highest BCUT2D eigenvalue weighted by Gasteiger charge is 2.22. The summed E-state index contributed by atoms with van der Waals surface area (Å²) in [7, 11) is 2.03. The van der Waals surface area contributed by atoms with Crippen LogP contribution in [0.25, 0.3) is 0 Å². The molecule has 1 atom stereocenters. The molecule has 33 heavy (non-hydrogen) atoms. The van der Waals surface area contributed by atoms with Crippen molar-refractivity contribution in [1.82, 2.24) is 10.2 Å². The van der Waals surface area contributed by atoms with Gasteiger partial charge in [0.25, 0.3) is 5.91 Å². The van der Waals surface area contributed by atoms with Gasteiger partial charge in [0.05, 0.1) is 6.54 Å². The number of rotatable bonds is 6. The predicted molar refractivity (Wildman–Crippen MR) is 142 cm³/mol. The van der Waals surface area contributed by atoms with E-state index in [4.69, 9.17) is 12.2 Å². The summed E-state index contributed by atoms with van der Waals surface area (Å²) in [5.74, 6) is 0.769. The Labute approximate surface area is 207 Å². The normalized spacial score (nSPS) is 13.8. The molecule has 1 unspecified atom stereocenters. The number of carbonyl (C=O) groups excluding carboxylic acids is 1. The number of anilines is 2. The molecule has 0 aliphatic carbocycles. The zero-order valence-electron chi connectivity index (χ0n) is 18.1. The van der Waals surface area contributed by atoms with Crippen LogP contribution in [0.15, 0.2) is 88.3 Å². The number of nitrogens with zero attached hydrogens (tertiary/aromatic N) is 2. The number of hydrogen-bond acceptors (Lipinski definition) is 4. The molecular weight excluding hydrogens is 498 g/mol. The minimum atomic E-state index is -0.660. The highest BCUT2D eigenvalue weighted by molar-refractivity contribution is 9.10. The first-order chi connectivity index (χ1) is 16.0. The summed E-state index contributed by atoms with van der Waals surface area (Å²) in [4.78, 5) is 19.9. The van der Waals surface area contributed by atoms with Gasteiger partial charge in [-0.1, -0.05) is 46.3 Å². The summed E-state index contributed by atoms with van der Waals surface area (Å²) in [6.45, 7) is 1.73. The van der Waals surface area contributed by atoms with Gasteiger partial charge in [0.15, 0.2) is 5.11 Å². The molecule has 0 fully saturated rings. The Morgan fingerprint density at radius 2 is 1.61 bits per heavy atom. The maximum atomic E-state index is 13.2. The van der Waals surface area contributed by atoms with Crippen LogP contribution in [0.4, 0.5) is 11.4 Å². The lowest BCUT2D eigenvalue weighted by molar-refractivity contribution is -0.117. The van der Waals surface area contributed by atoms with E-state index in [1.165, 1.54) is 0 Å². The molecule has 0 bridgehead atoms. The molecule has 0 radical (unpaired) electrons. The van der Waals surface area contributed by atoms with E-state index in [0.29, 0.717) is 10.8 Å². The van der Waals surface area contributed by atoms with Crippen LogP contribution in [0, 0.1) is 0 Å². The van der Waals surface area contributed by atoms with Crippen LogP contribution >= 0.6 is 28.1 Å². The van der Waals surface area contributed by atoms with E-state index >= 15 is 0 Å². The van der Waals surface area contributed by atoms with Crippen LogP contribution in [0.5, 0.6) is 0 Å². The lowest BCUT2D eigenvalue weighted by Gasteiger charge is -2.21. The Morgan fingerprint density at radius 3 is 2.24 bits per heavy atom. The lowest BCUT2D eigenvalue weighted by atomic mass is 10.1. The first-order valence-electron chi connectivity index (χ1n) is 10.5. The Balaban J connectivity index is 1.47. The van der Waals surface area contributed by atoms with Crippen molar-refractivity contribution in [3.8, 4) is 0 Å². The highest BCUT2D eigenvalue weighted by atomic mass is 79.9. The molecule has 1 aliphatic heterocycles. The minimum Gasteiger partial charge on any atom is -0.358 e. The Kier molecular flexibility index (Phi) is 7.36. The summed E-state index contributed by atoms with van der Waals surface area (Å²) in [6, 6.07) is 24.2. The number of carbonyl (C=O) groups is 1. The third-order valence-electron chi connectivity index (χ3n) is 5.24. The van der Waals surface area contributed by atoms with E-state index in [0.717, 1.165) is 40.2 Å². The van der Waals surface area contributed by atoms with Gasteiger partial charge >= 0.3 is 0 Å². The third kappa shape index (κ3) is 5.97. The monoisotopic (exact) mass is 521 g/mol. The number of nitrogens with one attached hydrogen (secondary N) is 3. The molecule has 1 heterocycles. The third-order valence-corrected chi connectivity index (χ3v) is 5.99. The minimum absolute atomic E-state index is 0.204. The predicted octanol–water partition coefficient (Wildman–Crippen LogP) is 4.81. The quantitative estimate of drug-likeness (QED) is 0.406. The van der Waals surface area contributed by atoms with E-state index < -0.39 is 6.04 Å². The number of amides is 1. The molecule has 4 rings (SSSR count). The van der Waals surface area contributed by atoms with E-state index in [1.54, 1.807) is 0 Å². The molecule has 0 aromatic heterocycles. The average molecular weight is 522 g/mol. The van der Waals surface area contributed by atoms with Gasteiger partial charge in [0, 0.05) is 35.0 Å². The van der Waals surface area contributed by atoms with Crippen molar-refractivity contribution >= 4 is 56.4 Å². The molecule has 6 nitrogen and oxygen atoms in total. The van der Waals surface area contributed by atoms with Gasteiger partial charge in [-0.15, -0.1) is 0 Å². The molecule has 1 amide bonds. The number of aliphatic imine (C=N–C) groups is 1. The lowest BCUT2D eigenvalue weighted by Crippen LogP contribution is -2.39. The topological polar surface area (TPSA) is 68.8 Å². The van der Waals surface area contributed by atoms with Crippen molar-refractivity contribution in [1.29, 1.82) is 0 Å². The van der Waals surface area contributed by atoms with Gasteiger partial charge < -0.3 is 20.9 Å². The van der Waals surface area contributed by atoms with E-state index in [2.05, 4.69) is 41.8 Å². The number of amidine groups is 1. The molecule has 0 spiro atoms. The van der Waals surface area contributed by atoms with Crippen LogP contribution < -0.4 is 16.0 Å². The summed E-state index contributed by atoms with van der Waals surface area (Å²) < 4.78 is 0.978. The van der Waals surface area contributed by atoms with Crippen molar-refractivity contribution in [2.45, 2.75) is 6.04 Å². The molecule has 0 saturated carbocycles. The van der Waals surface area contributed by atoms with E-state index in [-0.39, 0.29) is 5.91 Å². The Hall–Kier alpha value is -3.23. The zero-order valence-corrected chi connectivity index (χ0v) is 20.5. The first-order valence-corrected chi connectivity index (χ1v) is 11.7. The van der Waals surface area contributed by atoms with Gasteiger partial charge in [-0.2, -0.15) is 0 Å². The fourth-order valence-electron chi connectivity index (χ4n) is 3.54. The van der Waals surface area contributed by atoms with Crippen LogP contribution in [0.3, 0.4) is 0 Å². The molecule has 0 saturated heterocycles. The first kappa shape index (κ1) is 22.9. The zero-order chi connectivity index (χ0) is 23.2. The van der Waals surface area contributed by atoms with Crippen molar-refractivity contribution in [3.05, 3.63) is 94.5 Å². The summed E-state index contributed by atoms with van der Waals surface area (Å²) >= 11 is 8.91. The number of thiocarbonyl (C=S) groups is 1. The number of hydrogen-bond donors (Lipinski definition) is 3. The van der Waals surface area contributed by atoms with Crippen molar-refractivity contribution < 1.29 is 4.79 Å². The van der Waals surface area contributed by atoms with Crippen LogP contribution in [-0.2, 0) is 4.79 Å². The number of benzene rings is 3. The second-order valence-corrected chi connectivity index (χ2v) is 8.97. The Morgan fingerprint density at radius 1 is 0.970 bits per heavy atom. The second kappa shape index (κ2) is 10.6. The van der Waals surface area contributed by atoms with Gasteiger partial charge in [0.2, 0.25) is 0 Å². The smallest absolute Gasteiger partial charge is 0.251 e. The number of likely N-dealkylation sites (N-methyl/N-ethyl adjacent to an activating group) is 1. The van der Waals surface area contributed by atoms with Crippen LogP contribution in [-0.4, -0.2) is 41.9 Å². The molecule has 3 N–H and O–H groups in total. The number of halogens is 1. The van der Waals surface area contributed by atoms with Crippen LogP contribution in [0.2, 0.25) is 0 Å². The molecular formula is C25H24BrN5OS. The molecule has 3 aromatic rings. The van der Waals surface area contributed by atoms with Gasteiger partial charge in [-0.3, -0.25) is 9.79 Å². The molecule has 8 heteroatoms. The molecule has 168 valence electrons. The van der Waals surface area contributed by atoms with Crippen molar-refractivity contribution in [3.63, 3.8) is 0 Å². The maximum Gasteiger partial charge on any atom is 0.251 e. The van der Waals surface area contributed by atoms with Gasteiger partial charge in [-0.05, 0) is 66.3 Å². The summed E-state index contributed by atoms with van der Waals surface area (Å²) in [5, 5.41) is 9.64. The second-order valence-electron chi connectivity index (χ2n) is 7.64. The fraction of sp³-hybridized carbons (Fsp3) is 0.160. The highest BCUT2D eigenvalue weighted by Crippen LogP contribution is 2.19. The largest absolute Gasteiger partial charge is 0.358 e. The van der Waals surface area contributed by atoms with Gasteiger partial charge in [-0.25, -0.2) is 0 Å². The summed E-state index contributed by atoms with van der Waals surface area (Å²) in [6.07, 6.45) is 0. The standard InChI is InChI=1S/C25H24BrN5OS/c1-31-16-15-27-23(31)18-7-11-20(12-8-18)28-24(32)22(17-5-3-2-4-6-17)30-25(33)29-21-13-9-19(26)10-14-21/h2-14,22H,15-16H2,1H3,(H,28,32)(H2,29,30,33). The molecule has 3 aromatic carbocycles. The average Bonchev–Trinajstić information content (AvgIpc) is 3.26. The van der Waals surface area contributed by atoms with Crippen molar-refractivity contribution in [2.75, 3.05) is 30.8 Å². The van der Waals surface area contributed by atoms with Crippen molar-refractivity contribution in [2.24, 2.45) is 4.99 Å². The van der Waals surface area contributed by atoms with E-state index in [1.807, 2.05) is 85.9 Å². The van der Waals surface area contributed by atoms with E-state index in [9.17, 15) is 4.79 Å². The maximum absolute atomic E-state index is 13.2. The summed E-state index contributed by atoms with van der Waals surface area (Å²) in [5.41, 5.74) is 3.39.